The van der Waals surface area contributed by atoms with E-state index in [0.717, 1.165) is 23.8 Å². The third-order valence-corrected chi connectivity index (χ3v) is 5.13. The summed E-state index contributed by atoms with van der Waals surface area (Å²) >= 11 is 0. The number of aromatic nitrogens is 2. The molecule has 0 N–H and O–H groups in total. The highest BCUT2D eigenvalue weighted by Gasteiger charge is 2.26. The van der Waals surface area contributed by atoms with Gasteiger partial charge in [-0.15, -0.1) is 0 Å². The molecule has 0 saturated carbocycles. The standard InChI is InChI=1S/C21H16FN3O3/c22-15-8-3-5-13-6-4-10-25(19(13)15)17(26)11-24-12-23-18-14-7-1-2-9-16(14)28-20(18)21(24)27/h1-3,5,7-9,12H,4,6,10-11H2. The summed E-state index contributed by atoms with van der Waals surface area (Å²) in [6.45, 7) is 0.189. The van der Waals surface area contributed by atoms with Gasteiger partial charge in [0.05, 0.1) is 12.0 Å². The second kappa shape index (κ2) is 6.30. The predicted octanol–water partition coefficient (Wildman–Crippen LogP) is 3.26. The number of amides is 1. The number of carbonyl (C=O) groups is 1. The number of halogens is 1. The van der Waals surface area contributed by atoms with Crippen LogP contribution in [-0.4, -0.2) is 22.0 Å². The molecule has 0 spiro atoms. The fourth-order valence-electron chi connectivity index (χ4n) is 3.81. The van der Waals surface area contributed by atoms with E-state index in [1.807, 2.05) is 24.3 Å². The number of carbonyl (C=O) groups excluding carboxylic acids is 1. The number of hydrogen-bond donors (Lipinski definition) is 0. The zero-order valence-electron chi connectivity index (χ0n) is 14.9. The molecule has 5 rings (SSSR count). The van der Waals surface area contributed by atoms with E-state index in [1.165, 1.54) is 21.9 Å². The van der Waals surface area contributed by atoms with Crippen LogP contribution in [-0.2, 0) is 17.8 Å². The van der Waals surface area contributed by atoms with Gasteiger partial charge in [-0.25, -0.2) is 9.37 Å². The van der Waals surface area contributed by atoms with Gasteiger partial charge in [0.25, 0.3) is 5.56 Å². The van der Waals surface area contributed by atoms with Crippen molar-refractivity contribution in [3.63, 3.8) is 0 Å². The molecule has 28 heavy (non-hydrogen) atoms. The minimum Gasteiger partial charge on any atom is -0.448 e. The lowest BCUT2D eigenvalue weighted by atomic mass is 10.0. The van der Waals surface area contributed by atoms with Gasteiger partial charge in [0, 0.05) is 11.9 Å². The predicted molar refractivity (Wildman–Crippen MR) is 103 cm³/mol. The van der Waals surface area contributed by atoms with Gasteiger partial charge in [-0.05, 0) is 36.6 Å². The quantitative estimate of drug-likeness (QED) is 0.538. The fourth-order valence-corrected chi connectivity index (χ4v) is 3.81. The Bertz CT molecular complexity index is 1290. The fraction of sp³-hybridized carbons (Fsp3) is 0.190. The molecular formula is C21H16FN3O3. The topological polar surface area (TPSA) is 68.3 Å². The van der Waals surface area contributed by atoms with Gasteiger partial charge < -0.3 is 9.32 Å². The largest absolute Gasteiger partial charge is 0.448 e. The van der Waals surface area contributed by atoms with Gasteiger partial charge in [-0.3, -0.25) is 14.2 Å². The van der Waals surface area contributed by atoms with E-state index in [4.69, 9.17) is 4.42 Å². The molecule has 7 heteroatoms. The lowest BCUT2D eigenvalue weighted by Crippen LogP contribution is -2.40. The normalized spacial score (nSPS) is 13.8. The summed E-state index contributed by atoms with van der Waals surface area (Å²) in [4.78, 5) is 31.4. The SMILES string of the molecule is O=C(Cn1cnc2c(oc3ccccc32)c1=O)N1CCCc2cccc(F)c21. The average Bonchev–Trinajstić information content (AvgIpc) is 3.09. The Morgan fingerprint density at radius 3 is 2.93 bits per heavy atom. The van der Waals surface area contributed by atoms with E-state index in [1.54, 1.807) is 12.1 Å². The van der Waals surface area contributed by atoms with Crippen molar-refractivity contribution in [3.8, 4) is 0 Å². The zero-order valence-corrected chi connectivity index (χ0v) is 14.9. The Labute approximate surface area is 158 Å². The second-order valence-corrected chi connectivity index (χ2v) is 6.85. The van der Waals surface area contributed by atoms with Crippen LogP contribution in [0.1, 0.15) is 12.0 Å². The van der Waals surface area contributed by atoms with Crippen molar-refractivity contribution in [1.29, 1.82) is 0 Å². The number of para-hydroxylation sites is 2. The van der Waals surface area contributed by atoms with Crippen molar-refractivity contribution < 1.29 is 13.6 Å². The number of benzene rings is 2. The summed E-state index contributed by atoms with van der Waals surface area (Å²) in [7, 11) is 0. The van der Waals surface area contributed by atoms with Crippen LogP contribution in [0.4, 0.5) is 10.1 Å². The van der Waals surface area contributed by atoms with Gasteiger partial charge in [0.15, 0.2) is 0 Å². The van der Waals surface area contributed by atoms with Crippen LogP contribution in [0.25, 0.3) is 22.1 Å². The van der Waals surface area contributed by atoms with E-state index in [0.29, 0.717) is 23.3 Å². The van der Waals surface area contributed by atoms with Crippen molar-refractivity contribution in [2.75, 3.05) is 11.4 Å². The van der Waals surface area contributed by atoms with Gasteiger partial charge in [-0.1, -0.05) is 24.3 Å². The second-order valence-electron chi connectivity index (χ2n) is 6.85. The Morgan fingerprint density at radius 2 is 2.04 bits per heavy atom. The first kappa shape index (κ1) is 16.7. The Balaban J connectivity index is 1.53. The van der Waals surface area contributed by atoms with Crippen molar-refractivity contribution >= 4 is 33.7 Å². The Kier molecular flexibility index (Phi) is 3.75. The molecule has 2 aromatic carbocycles. The first-order valence-corrected chi connectivity index (χ1v) is 9.08. The highest BCUT2D eigenvalue weighted by molar-refractivity contribution is 6.02. The molecule has 0 aliphatic carbocycles. The molecule has 3 heterocycles. The monoisotopic (exact) mass is 377 g/mol. The van der Waals surface area contributed by atoms with Crippen molar-refractivity contribution in [3.05, 3.63) is 70.5 Å². The average molecular weight is 377 g/mol. The van der Waals surface area contributed by atoms with E-state index in [2.05, 4.69) is 4.98 Å². The molecule has 1 amide bonds. The molecule has 0 unspecified atom stereocenters. The van der Waals surface area contributed by atoms with Crippen LogP contribution in [0.15, 0.2) is 58.0 Å². The van der Waals surface area contributed by atoms with Gasteiger partial charge in [-0.2, -0.15) is 0 Å². The minimum atomic E-state index is -0.430. The van der Waals surface area contributed by atoms with Crippen LogP contribution in [0.3, 0.4) is 0 Å². The molecule has 6 nitrogen and oxygen atoms in total. The Morgan fingerprint density at radius 1 is 1.18 bits per heavy atom. The first-order chi connectivity index (χ1) is 13.6. The van der Waals surface area contributed by atoms with Crippen LogP contribution < -0.4 is 10.5 Å². The van der Waals surface area contributed by atoms with Crippen LogP contribution in [0.2, 0.25) is 0 Å². The molecule has 1 aliphatic heterocycles. The lowest BCUT2D eigenvalue weighted by Gasteiger charge is -2.30. The summed E-state index contributed by atoms with van der Waals surface area (Å²) < 4.78 is 21.2. The van der Waals surface area contributed by atoms with Crippen molar-refractivity contribution in [2.24, 2.45) is 0 Å². The number of furan rings is 1. The van der Waals surface area contributed by atoms with Crippen LogP contribution in [0.5, 0.6) is 0 Å². The van der Waals surface area contributed by atoms with E-state index < -0.39 is 11.4 Å². The van der Waals surface area contributed by atoms with E-state index in [9.17, 15) is 14.0 Å². The number of nitrogens with zero attached hydrogens (tertiary/aromatic N) is 3. The van der Waals surface area contributed by atoms with Crippen LogP contribution in [0, 0.1) is 5.82 Å². The molecule has 0 saturated heterocycles. The molecule has 0 atom stereocenters. The van der Waals surface area contributed by atoms with Crippen molar-refractivity contribution in [1.82, 2.24) is 9.55 Å². The summed E-state index contributed by atoms with van der Waals surface area (Å²) in [6, 6.07) is 12.1. The maximum absolute atomic E-state index is 14.3. The summed E-state index contributed by atoms with van der Waals surface area (Å²) in [5.74, 6) is -0.783. The molecule has 1 aliphatic rings. The molecular weight excluding hydrogens is 361 g/mol. The molecule has 0 bridgehead atoms. The van der Waals surface area contributed by atoms with Gasteiger partial charge in [0.1, 0.15) is 23.5 Å². The summed E-state index contributed by atoms with van der Waals surface area (Å²) in [5.41, 5.74) is 1.83. The van der Waals surface area contributed by atoms with Crippen LogP contribution >= 0.6 is 0 Å². The molecule has 0 radical (unpaired) electrons. The number of rotatable bonds is 2. The lowest BCUT2D eigenvalue weighted by molar-refractivity contribution is -0.119. The van der Waals surface area contributed by atoms with E-state index in [-0.39, 0.29) is 18.0 Å². The van der Waals surface area contributed by atoms with E-state index >= 15 is 0 Å². The summed E-state index contributed by atoms with van der Waals surface area (Å²) in [5, 5.41) is 0.750. The first-order valence-electron chi connectivity index (χ1n) is 9.08. The Hall–Kier alpha value is -3.48. The number of aryl methyl sites for hydroxylation is 1. The highest BCUT2D eigenvalue weighted by atomic mass is 19.1. The number of hydrogen-bond acceptors (Lipinski definition) is 4. The molecule has 4 aromatic rings. The van der Waals surface area contributed by atoms with Gasteiger partial charge >= 0.3 is 0 Å². The molecule has 140 valence electrons. The smallest absolute Gasteiger partial charge is 0.297 e. The third-order valence-electron chi connectivity index (χ3n) is 5.13. The maximum Gasteiger partial charge on any atom is 0.297 e. The highest BCUT2D eigenvalue weighted by Crippen LogP contribution is 2.30. The maximum atomic E-state index is 14.3. The number of fused-ring (bicyclic) bond motifs is 4. The minimum absolute atomic E-state index is 0.113. The zero-order chi connectivity index (χ0) is 19.3. The van der Waals surface area contributed by atoms with Gasteiger partial charge in [0.2, 0.25) is 11.5 Å². The molecule has 0 fully saturated rings. The van der Waals surface area contributed by atoms with Crippen molar-refractivity contribution in [2.45, 2.75) is 19.4 Å². The number of anilines is 1. The molecule has 2 aromatic heterocycles. The third kappa shape index (κ3) is 2.51. The summed E-state index contributed by atoms with van der Waals surface area (Å²) in [6.07, 6.45) is 2.82.